The van der Waals surface area contributed by atoms with Gasteiger partial charge in [0.15, 0.2) is 0 Å². The zero-order chi connectivity index (χ0) is 30.5. The van der Waals surface area contributed by atoms with Crippen LogP contribution >= 0.6 is 11.3 Å². The van der Waals surface area contributed by atoms with Crippen LogP contribution in [0.3, 0.4) is 0 Å². The molecule has 8 nitrogen and oxygen atoms in total. The molecule has 2 aliphatic heterocycles. The van der Waals surface area contributed by atoms with Crippen LogP contribution in [0.4, 0.5) is 0 Å². The number of hydrogen-bond donors (Lipinski definition) is 1. The third-order valence-electron chi connectivity index (χ3n) is 8.76. The predicted octanol–water partition coefficient (Wildman–Crippen LogP) is 6.49. The van der Waals surface area contributed by atoms with Crippen molar-refractivity contribution in [3.05, 3.63) is 65.7 Å². The molecule has 1 N–H and O–H groups in total. The number of ether oxygens (including phenoxy) is 3. The number of methoxy groups -OCH3 is 1. The molecule has 44 heavy (non-hydrogen) atoms. The van der Waals surface area contributed by atoms with Crippen LogP contribution in [-0.4, -0.2) is 85.0 Å². The van der Waals surface area contributed by atoms with Crippen LogP contribution in [0, 0.1) is 6.92 Å². The Hall–Kier alpha value is -3.50. The lowest BCUT2D eigenvalue weighted by Gasteiger charge is -2.33. The van der Waals surface area contributed by atoms with Gasteiger partial charge in [-0.1, -0.05) is 36.8 Å². The third kappa shape index (κ3) is 6.91. The summed E-state index contributed by atoms with van der Waals surface area (Å²) in [5, 5.41) is 10.7. The molecule has 6 rings (SSSR count). The number of aromatic nitrogens is 1. The third-order valence-corrected chi connectivity index (χ3v) is 9.81. The van der Waals surface area contributed by atoms with E-state index in [9.17, 15) is 9.90 Å². The lowest BCUT2D eigenvalue weighted by atomic mass is 9.96. The average Bonchev–Trinajstić information content (AvgIpc) is 3.46. The summed E-state index contributed by atoms with van der Waals surface area (Å²) in [4.78, 5) is 21.4. The number of carboxylic acids is 1. The van der Waals surface area contributed by atoms with E-state index in [1.807, 2.05) is 12.1 Å². The zero-order valence-corrected chi connectivity index (χ0v) is 26.4. The summed E-state index contributed by atoms with van der Waals surface area (Å²) in [7, 11) is 1.67. The first-order valence-corrected chi connectivity index (χ1v) is 16.4. The highest BCUT2D eigenvalue weighted by atomic mass is 32.1. The number of fused-ring (bicyclic) bond motifs is 1. The van der Waals surface area contributed by atoms with Gasteiger partial charge in [-0.05, 0) is 67.6 Å². The van der Waals surface area contributed by atoms with Crippen LogP contribution in [0.5, 0.6) is 11.5 Å². The van der Waals surface area contributed by atoms with Crippen LogP contribution in [0.2, 0.25) is 0 Å². The van der Waals surface area contributed by atoms with Gasteiger partial charge in [0.1, 0.15) is 22.5 Å². The van der Waals surface area contributed by atoms with Crippen molar-refractivity contribution in [1.29, 1.82) is 0 Å². The minimum absolute atomic E-state index is 0.453. The molecule has 2 saturated heterocycles. The summed E-state index contributed by atoms with van der Waals surface area (Å²) < 4.78 is 18.4. The fourth-order valence-electron chi connectivity index (χ4n) is 6.34. The number of thiazole rings is 1. The van der Waals surface area contributed by atoms with Gasteiger partial charge in [0.25, 0.3) is 0 Å². The Balaban J connectivity index is 1.20. The number of aliphatic carboxylic acids is 1. The fourth-order valence-corrected chi connectivity index (χ4v) is 7.43. The van der Waals surface area contributed by atoms with Crippen molar-refractivity contribution >= 4 is 27.5 Å². The van der Waals surface area contributed by atoms with E-state index in [0.29, 0.717) is 19.6 Å². The molecule has 232 valence electrons. The molecule has 0 spiro atoms. The highest BCUT2D eigenvalue weighted by Crippen LogP contribution is 2.39. The molecule has 1 aromatic heterocycles. The molecular formula is C35H41N3O5S. The summed E-state index contributed by atoms with van der Waals surface area (Å²) in [6, 6.07) is 18.4. The van der Waals surface area contributed by atoms with Gasteiger partial charge in [0.2, 0.25) is 0 Å². The highest BCUT2D eigenvalue weighted by molar-refractivity contribution is 7.21. The molecule has 0 aliphatic carbocycles. The predicted molar refractivity (Wildman–Crippen MR) is 175 cm³/mol. The minimum atomic E-state index is -0.749. The van der Waals surface area contributed by atoms with E-state index >= 15 is 0 Å². The summed E-state index contributed by atoms with van der Waals surface area (Å²) in [6.07, 6.45) is 3.64. The summed E-state index contributed by atoms with van der Waals surface area (Å²) in [5.74, 6) is 0.880. The Morgan fingerprint density at radius 2 is 1.89 bits per heavy atom. The molecule has 1 unspecified atom stereocenters. The van der Waals surface area contributed by atoms with Crippen molar-refractivity contribution in [2.45, 2.75) is 45.2 Å². The Kier molecular flexibility index (Phi) is 9.76. The van der Waals surface area contributed by atoms with Gasteiger partial charge in [-0.25, -0.2) is 4.98 Å². The number of carbonyl (C=O) groups is 1. The van der Waals surface area contributed by atoms with E-state index in [1.54, 1.807) is 18.4 Å². The van der Waals surface area contributed by atoms with E-state index in [2.05, 4.69) is 59.2 Å². The molecule has 0 saturated carbocycles. The molecule has 3 heterocycles. The maximum absolute atomic E-state index is 11.9. The zero-order valence-electron chi connectivity index (χ0n) is 25.6. The number of carboxylic acid groups (broad SMARTS) is 1. The molecular weight excluding hydrogens is 574 g/mol. The second-order valence-corrected chi connectivity index (χ2v) is 12.7. The molecule has 9 heteroatoms. The van der Waals surface area contributed by atoms with E-state index in [-0.39, 0.29) is 0 Å². The second-order valence-electron chi connectivity index (χ2n) is 11.6. The Morgan fingerprint density at radius 1 is 1.07 bits per heavy atom. The number of rotatable bonds is 11. The fraction of sp³-hybridized carbons (Fsp3) is 0.429. The monoisotopic (exact) mass is 615 g/mol. The minimum Gasteiger partial charge on any atom is -0.496 e. The van der Waals surface area contributed by atoms with Gasteiger partial charge in [-0.15, -0.1) is 11.3 Å². The lowest BCUT2D eigenvalue weighted by Crippen LogP contribution is -2.44. The van der Waals surface area contributed by atoms with E-state index in [1.165, 1.54) is 5.56 Å². The first-order valence-electron chi connectivity index (χ1n) is 15.6. The molecule has 0 radical (unpaired) electrons. The van der Waals surface area contributed by atoms with Gasteiger partial charge in [-0.2, -0.15) is 0 Å². The smallest absolute Gasteiger partial charge is 0.320 e. The molecule has 0 amide bonds. The Bertz CT molecular complexity index is 1600. The van der Waals surface area contributed by atoms with Crippen molar-refractivity contribution < 1.29 is 24.1 Å². The quantitative estimate of drug-likeness (QED) is 0.192. The summed E-state index contributed by atoms with van der Waals surface area (Å²) in [5.41, 5.74) is 6.42. The number of likely N-dealkylation sites (tertiary alicyclic amines) is 1. The van der Waals surface area contributed by atoms with Crippen molar-refractivity contribution in [3.63, 3.8) is 0 Å². The van der Waals surface area contributed by atoms with Crippen molar-refractivity contribution in [3.8, 4) is 33.2 Å². The summed E-state index contributed by atoms with van der Waals surface area (Å²) in [6.45, 7) is 8.83. The van der Waals surface area contributed by atoms with Crippen LogP contribution < -0.4 is 9.47 Å². The van der Waals surface area contributed by atoms with Crippen LogP contribution in [0.1, 0.15) is 36.8 Å². The number of morpholine rings is 1. The maximum Gasteiger partial charge on any atom is 0.320 e. The van der Waals surface area contributed by atoms with Crippen LogP contribution in [-0.2, 0) is 16.1 Å². The van der Waals surface area contributed by atoms with E-state index in [4.69, 9.17) is 19.2 Å². The van der Waals surface area contributed by atoms with Gasteiger partial charge in [0.05, 0.1) is 37.1 Å². The Morgan fingerprint density at radius 3 is 2.70 bits per heavy atom. The van der Waals surface area contributed by atoms with Crippen molar-refractivity contribution in [1.82, 2.24) is 14.8 Å². The van der Waals surface area contributed by atoms with Crippen molar-refractivity contribution in [2.75, 3.05) is 53.1 Å². The highest BCUT2D eigenvalue weighted by Gasteiger charge is 2.29. The molecule has 4 aromatic rings. The SMILES string of the molecule is COc1cc2nc(-c3cccc(-c4cccc(OCCCN5CCOCC5)c4)c3C)sc2cc1CN1CCCCC1C(=O)O. The summed E-state index contributed by atoms with van der Waals surface area (Å²) >= 11 is 1.66. The van der Waals surface area contributed by atoms with E-state index < -0.39 is 12.0 Å². The molecule has 2 fully saturated rings. The normalized spacial score (nSPS) is 18.0. The molecule has 0 bridgehead atoms. The van der Waals surface area contributed by atoms with Gasteiger partial charge in [0, 0.05) is 43.4 Å². The topological polar surface area (TPSA) is 84.4 Å². The maximum atomic E-state index is 11.9. The van der Waals surface area contributed by atoms with E-state index in [0.717, 1.165) is 108 Å². The first-order chi connectivity index (χ1) is 21.5. The van der Waals surface area contributed by atoms with Crippen molar-refractivity contribution in [2.24, 2.45) is 0 Å². The number of nitrogens with zero attached hydrogens (tertiary/aromatic N) is 3. The number of piperidine rings is 1. The van der Waals surface area contributed by atoms with Gasteiger partial charge >= 0.3 is 5.97 Å². The Labute approximate surface area is 263 Å². The van der Waals surface area contributed by atoms with Gasteiger partial charge < -0.3 is 19.3 Å². The number of hydrogen-bond acceptors (Lipinski definition) is 8. The largest absolute Gasteiger partial charge is 0.496 e. The molecule has 3 aromatic carbocycles. The average molecular weight is 616 g/mol. The van der Waals surface area contributed by atoms with Gasteiger partial charge in [-0.3, -0.25) is 14.6 Å². The number of benzene rings is 3. The molecule has 1 atom stereocenters. The molecule has 2 aliphatic rings. The second kappa shape index (κ2) is 14.1. The van der Waals surface area contributed by atoms with Crippen LogP contribution in [0.25, 0.3) is 31.9 Å². The van der Waals surface area contributed by atoms with Crippen LogP contribution in [0.15, 0.2) is 54.6 Å². The first kappa shape index (κ1) is 30.5. The standard InChI is InChI=1S/C35H41N3O5S/c1-24-28(25-8-5-9-27(20-25)43-17-7-13-37-15-18-42-19-16-37)10-6-11-29(24)34-36-30-22-32(41-2)26(21-33(30)44-34)23-38-14-4-3-12-31(38)35(39)40/h5-6,8-11,20-22,31H,3-4,7,12-19,23H2,1-2H3,(H,39,40). The lowest BCUT2D eigenvalue weighted by molar-refractivity contribution is -0.144.